The van der Waals surface area contributed by atoms with Gasteiger partial charge in [-0.25, -0.2) is 0 Å². The van der Waals surface area contributed by atoms with Crippen molar-refractivity contribution in [2.75, 3.05) is 0 Å². The van der Waals surface area contributed by atoms with Crippen molar-refractivity contribution in [1.29, 1.82) is 0 Å². The molecule has 4 aromatic rings. The molecule has 8 nitrogen and oxygen atoms in total. The van der Waals surface area contributed by atoms with Gasteiger partial charge < -0.3 is 0 Å². The predicted octanol–water partition coefficient (Wildman–Crippen LogP) is 7.42. The summed E-state index contributed by atoms with van der Waals surface area (Å²) in [5.41, 5.74) is 0.722. The normalized spacial score (nSPS) is 13.2. The van der Waals surface area contributed by atoms with Crippen LogP contribution in [-0.4, -0.2) is 23.1 Å². The highest BCUT2D eigenvalue weighted by molar-refractivity contribution is 6.20. The van der Waals surface area contributed by atoms with Crippen molar-refractivity contribution >= 4 is 23.1 Å². The Morgan fingerprint density at radius 3 is 1.43 bits per heavy atom. The standard InChI is InChI=1S/C36H30O8/c1-4-5-6-21(2)36(3,34(39)24-11-7-22(8-12-24)32(37)28-17-15-26-19-30(28)43-41-26)35(40)25-13-9-23(10-14-25)33(38)29-18-16-27-20-31(29)44-42-27/h7-21H,4-6H2,1-3H3. The van der Waals surface area contributed by atoms with Crippen LogP contribution in [0.5, 0.6) is 23.0 Å². The average Bonchev–Trinajstić information content (AvgIpc) is 3.63. The van der Waals surface area contributed by atoms with Gasteiger partial charge in [0.1, 0.15) is 0 Å². The van der Waals surface area contributed by atoms with E-state index in [0.29, 0.717) is 62.8 Å². The number of benzene rings is 4. The molecule has 0 saturated carbocycles. The van der Waals surface area contributed by atoms with E-state index in [4.69, 9.17) is 19.6 Å². The predicted molar refractivity (Wildman–Crippen MR) is 161 cm³/mol. The van der Waals surface area contributed by atoms with Crippen molar-refractivity contribution < 1.29 is 38.7 Å². The van der Waals surface area contributed by atoms with E-state index < -0.39 is 5.41 Å². The quantitative estimate of drug-likeness (QED) is 0.0954. The molecular weight excluding hydrogens is 560 g/mol. The van der Waals surface area contributed by atoms with Gasteiger partial charge in [0.25, 0.3) is 0 Å². The van der Waals surface area contributed by atoms with Crippen LogP contribution in [0.2, 0.25) is 0 Å². The fourth-order valence-corrected chi connectivity index (χ4v) is 5.61. The highest BCUT2D eigenvalue weighted by Crippen LogP contribution is 2.39. The monoisotopic (exact) mass is 590 g/mol. The number of Topliss-reactive ketones (excluding diaryl/α,β-unsaturated/α-hetero) is 2. The van der Waals surface area contributed by atoms with Gasteiger partial charge in [-0.3, -0.25) is 38.7 Å². The van der Waals surface area contributed by atoms with Gasteiger partial charge in [-0.1, -0.05) is 75.2 Å². The van der Waals surface area contributed by atoms with E-state index in [1.807, 2.05) is 6.92 Å². The topological polar surface area (TPSA) is 105 Å². The third kappa shape index (κ3) is 5.02. The van der Waals surface area contributed by atoms with E-state index >= 15 is 0 Å². The summed E-state index contributed by atoms with van der Waals surface area (Å²) in [5, 5.41) is 0. The minimum atomic E-state index is -1.38. The molecule has 8 heteroatoms. The van der Waals surface area contributed by atoms with Gasteiger partial charge in [-0.05, 0) is 43.5 Å². The summed E-state index contributed by atoms with van der Waals surface area (Å²) in [5.74, 6) is 0.238. The van der Waals surface area contributed by atoms with Crippen molar-refractivity contribution in [2.24, 2.45) is 11.3 Å². The molecule has 0 aromatic heterocycles. The number of fused-ring (bicyclic) bond motifs is 4. The molecule has 0 spiro atoms. The maximum atomic E-state index is 14.2. The first-order valence-electron chi connectivity index (χ1n) is 14.6. The minimum Gasteiger partial charge on any atom is -0.293 e. The van der Waals surface area contributed by atoms with Gasteiger partial charge in [0.2, 0.25) is 0 Å². The Kier molecular flexibility index (Phi) is 7.51. The minimum absolute atomic E-state index is 0.273. The Labute approximate surface area is 254 Å². The van der Waals surface area contributed by atoms with Crippen LogP contribution in [0, 0.1) is 11.3 Å². The summed E-state index contributed by atoms with van der Waals surface area (Å²) < 4.78 is 0. The first-order chi connectivity index (χ1) is 21.2. The van der Waals surface area contributed by atoms with E-state index in [1.54, 1.807) is 91.9 Å². The molecule has 2 aliphatic rings. The van der Waals surface area contributed by atoms with Crippen molar-refractivity contribution in [3.8, 4) is 23.0 Å². The fourth-order valence-electron chi connectivity index (χ4n) is 5.61. The van der Waals surface area contributed by atoms with Gasteiger partial charge in [0.05, 0.1) is 16.5 Å². The van der Waals surface area contributed by atoms with Crippen LogP contribution in [0.4, 0.5) is 0 Å². The largest absolute Gasteiger partial charge is 0.293 e. The molecule has 2 heterocycles. The van der Waals surface area contributed by atoms with Gasteiger partial charge in [0.15, 0.2) is 46.1 Å². The number of rotatable bonds is 12. The fraction of sp³-hybridized carbons (Fsp3) is 0.222. The maximum Gasteiger partial charge on any atom is 0.196 e. The average molecular weight is 591 g/mol. The zero-order chi connectivity index (χ0) is 31.0. The molecule has 44 heavy (non-hydrogen) atoms. The summed E-state index contributed by atoms with van der Waals surface area (Å²) in [4.78, 5) is 74.8. The maximum absolute atomic E-state index is 14.2. The smallest absolute Gasteiger partial charge is 0.196 e. The third-order valence-electron chi connectivity index (χ3n) is 8.59. The lowest BCUT2D eigenvalue weighted by Gasteiger charge is -2.33. The van der Waals surface area contributed by atoms with E-state index in [1.165, 1.54) is 0 Å². The zero-order valence-electron chi connectivity index (χ0n) is 24.5. The van der Waals surface area contributed by atoms with E-state index in [2.05, 4.69) is 6.92 Å². The summed E-state index contributed by atoms with van der Waals surface area (Å²) in [7, 11) is 0. The molecule has 1 unspecified atom stereocenters. The lowest BCUT2D eigenvalue weighted by molar-refractivity contribution is -0.0849. The molecule has 6 rings (SSSR count). The Balaban J connectivity index is 1.26. The molecule has 0 fully saturated rings. The van der Waals surface area contributed by atoms with Crippen LogP contribution in [0.1, 0.15) is 92.6 Å². The first kappa shape index (κ1) is 28.9. The zero-order valence-corrected chi connectivity index (χ0v) is 24.5. The third-order valence-corrected chi connectivity index (χ3v) is 8.59. The molecule has 0 radical (unpaired) electrons. The van der Waals surface area contributed by atoms with E-state index in [9.17, 15) is 19.2 Å². The van der Waals surface area contributed by atoms with Crippen LogP contribution in [0.15, 0.2) is 84.9 Å². The number of unbranched alkanes of at least 4 members (excludes halogenated alkanes) is 1. The van der Waals surface area contributed by atoms with Crippen LogP contribution in [-0.2, 0) is 0 Å². The molecule has 0 aliphatic carbocycles. The van der Waals surface area contributed by atoms with Gasteiger partial charge >= 0.3 is 0 Å². The van der Waals surface area contributed by atoms with Crippen LogP contribution in [0.3, 0.4) is 0 Å². The Morgan fingerprint density at radius 1 is 0.614 bits per heavy atom. The number of hydrogen-bond acceptors (Lipinski definition) is 8. The lowest BCUT2D eigenvalue weighted by atomic mass is 9.66. The van der Waals surface area contributed by atoms with Gasteiger partial charge in [0, 0.05) is 34.4 Å². The molecule has 4 aromatic carbocycles. The number of carbonyl (C=O) groups is 4. The summed E-state index contributed by atoms with van der Waals surface area (Å²) >= 11 is 0. The SMILES string of the molecule is CCCCC(C)C(C)(C(=O)c1ccc(C(=O)c2ccc3cc2OO3)cc1)C(=O)c1ccc(C(=O)c2ccc3cc2OO3)cc1. The second-order valence-electron chi connectivity index (χ2n) is 11.4. The van der Waals surface area contributed by atoms with E-state index in [0.717, 1.165) is 12.8 Å². The summed E-state index contributed by atoms with van der Waals surface area (Å²) in [6, 6.07) is 22.5. The molecule has 222 valence electrons. The Morgan fingerprint density at radius 2 is 1.02 bits per heavy atom. The molecule has 4 bridgehead atoms. The summed E-state index contributed by atoms with van der Waals surface area (Å²) in [6.07, 6.45) is 2.46. The lowest BCUT2D eigenvalue weighted by Crippen LogP contribution is -2.42. The van der Waals surface area contributed by atoms with Crippen LogP contribution >= 0.6 is 0 Å². The highest BCUT2D eigenvalue weighted by Gasteiger charge is 2.46. The molecular formula is C36H30O8. The van der Waals surface area contributed by atoms with Crippen LogP contribution in [0.25, 0.3) is 0 Å². The molecule has 1 atom stereocenters. The number of carbonyl (C=O) groups excluding carboxylic acids is 4. The van der Waals surface area contributed by atoms with Crippen molar-refractivity contribution in [2.45, 2.75) is 40.0 Å². The Hall–Kier alpha value is -5.24. The second-order valence-corrected chi connectivity index (χ2v) is 11.4. The number of hydrogen-bond donors (Lipinski definition) is 0. The van der Waals surface area contributed by atoms with Gasteiger partial charge in [-0.15, -0.1) is 0 Å². The molecule has 0 amide bonds. The Bertz CT molecular complexity index is 1660. The van der Waals surface area contributed by atoms with Gasteiger partial charge in [-0.2, -0.15) is 0 Å². The summed E-state index contributed by atoms with van der Waals surface area (Å²) in [6.45, 7) is 5.68. The van der Waals surface area contributed by atoms with Crippen molar-refractivity contribution in [3.63, 3.8) is 0 Å². The van der Waals surface area contributed by atoms with E-state index in [-0.39, 0.29) is 29.1 Å². The first-order valence-corrected chi connectivity index (χ1v) is 14.6. The molecule has 0 saturated heterocycles. The highest BCUT2D eigenvalue weighted by atomic mass is 17.2. The number of ketones is 4. The molecule has 2 aliphatic heterocycles. The van der Waals surface area contributed by atoms with Crippen molar-refractivity contribution in [1.82, 2.24) is 0 Å². The van der Waals surface area contributed by atoms with Crippen LogP contribution < -0.4 is 19.6 Å². The van der Waals surface area contributed by atoms with Crippen molar-refractivity contribution in [3.05, 3.63) is 118 Å². The second kappa shape index (κ2) is 11.4. The molecule has 0 N–H and O–H groups in total.